The molecule has 1 aromatic heterocycles. The third-order valence-electron chi connectivity index (χ3n) is 3.59. The predicted octanol–water partition coefficient (Wildman–Crippen LogP) is 2.47. The minimum atomic E-state index is 0.443. The molecule has 0 amide bonds. The molecule has 104 valence electrons. The molecule has 2 heterocycles. The molecule has 1 aliphatic heterocycles. The van der Waals surface area contributed by atoms with E-state index in [9.17, 15) is 0 Å². The molecule has 0 radical (unpaired) electrons. The lowest BCUT2D eigenvalue weighted by Crippen LogP contribution is -2.23. The third-order valence-corrected chi connectivity index (χ3v) is 3.59. The van der Waals surface area contributed by atoms with Crippen molar-refractivity contribution in [2.75, 3.05) is 19.5 Å². The fraction of sp³-hybridized carbons (Fsp3) is 0.312. The monoisotopic (exact) mass is 270 g/mol. The van der Waals surface area contributed by atoms with Gasteiger partial charge in [-0.25, -0.2) is 0 Å². The molecule has 0 fully saturated rings. The average molecular weight is 270 g/mol. The Bertz CT molecular complexity index is 613. The Kier molecular flexibility index (Phi) is 3.46. The summed E-state index contributed by atoms with van der Waals surface area (Å²) in [5, 5.41) is 0. The molecule has 0 saturated carbocycles. The van der Waals surface area contributed by atoms with Gasteiger partial charge in [-0.2, -0.15) is 0 Å². The van der Waals surface area contributed by atoms with Crippen molar-refractivity contribution < 1.29 is 9.47 Å². The topological polar surface area (TPSA) is 57.4 Å². The first-order valence-electron chi connectivity index (χ1n) is 6.74. The van der Waals surface area contributed by atoms with Crippen LogP contribution >= 0.6 is 0 Å². The highest BCUT2D eigenvalue weighted by Gasteiger charge is 2.22. The number of nitrogens with zero attached hydrogens (tertiary/aromatic N) is 1. The van der Waals surface area contributed by atoms with Crippen LogP contribution in [0, 0.1) is 5.92 Å². The SMILES string of the molecule is COc1cccc2c1OCC(Cc1cncc(N)c1)C2. The molecular weight excluding hydrogens is 252 g/mol. The van der Waals surface area contributed by atoms with E-state index in [1.54, 1.807) is 13.3 Å². The molecule has 0 aliphatic carbocycles. The number of nitrogen functional groups attached to an aromatic ring is 1. The number of rotatable bonds is 3. The summed E-state index contributed by atoms with van der Waals surface area (Å²) in [6, 6.07) is 8.02. The van der Waals surface area contributed by atoms with Gasteiger partial charge in [-0.1, -0.05) is 12.1 Å². The van der Waals surface area contributed by atoms with Gasteiger partial charge in [0.1, 0.15) is 0 Å². The van der Waals surface area contributed by atoms with Crippen LogP contribution in [0.25, 0.3) is 0 Å². The zero-order valence-electron chi connectivity index (χ0n) is 11.5. The summed E-state index contributed by atoms with van der Waals surface area (Å²) in [5.41, 5.74) is 8.84. The van der Waals surface area contributed by atoms with Crippen LogP contribution < -0.4 is 15.2 Å². The zero-order valence-corrected chi connectivity index (χ0v) is 11.5. The van der Waals surface area contributed by atoms with Crippen LogP contribution in [0.1, 0.15) is 11.1 Å². The Morgan fingerprint density at radius 2 is 2.30 bits per heavy atom. The van der Waals surface area contributed by atoms with Gasteiger partial charge in [0.2, 0.25) is 0 Å². The number of pyridine rings is 1. The summed E-state index contributed by atoms with van der Waals surface area (Å²) >= 11 is 0. The average Bonchev–Trinajstić information content (AvgIpc) is 2.46. The largest absolute Gasteiger partial charge is 0.493 e. The van der Waals surface area contributed by atoms with Gasteiger partial charge in [0, 0.05) is 18.3 Å². The minimum Gasteiger partial charge on any atom is -0.493 e. The first-order valence-corrected chi connectivity index (χ1v) is 6.74. The molecule has 1 atom stereocenters. The van der Waals surface area contributed by atoms with Crippen molar-refractivity contribution in [3.05, 3.63) is 47.8 Å². The predicted molar refractivity (Wildman–Crippen MR) is 78.0 cm³/mol. The zero-order chi connectivity index (χ0) is 13.9. The van der Waals surface area contributed by atoms with Crippen molar-refractivity contribution in [3.63, 3.8) is 0 Å². The Labute approximate surface area is 118 Å². The summed E-state index contributed by atoms with van der Waals surface area (Å²) in [6.45, 7) is 0.697. The maximum Gasteiger partial charge on any atom is 0.164 e. The number of benzene rings is 1. The molecule has 4 nitrogen and oxygen atoms in total. The van der Waals surface area contributed by atoms with Gasteiger partial charge >= 0.3 is 0 Å². The van der Waals surface area contributed by atoms with E-state index in [1.807, 2.05) is 24.4 Å². The number of hydrogen-bond donors (Lipinski definition) is 1. The number of ether oxygens (including phenoxy) is 2. The summed E-state index contributed by atoms with van der Waals surface area (Å²) < 4.78 is 11.2. The molecule has 1 aliphatic rings. The first kappa shape index (κ1) is 12.8. The van der Waals surface area contributed by atoms with Gasteiger partial charge < -0.3 is 15.2 Å². The molecule has 0 spiro atoms. The molecule has 0 saturated heterocycles. The normalized spacial score (nSPS) is 17.1. The summed E-state index contributed by atoms with van der Waals surface area (Å²) in [6.07, 6.45) is 5.45. The van der Waals surface area contributed by atoms with Gasteiger partial charge in [-0.15, -0.1) is 0 Å². The number of aromatic nitrogens is 1. The first-order chi connectivity index (χ1) is 9.76. The van der Waals surface area contributed by atoms with Crippen molar-refractivity contribution in [2.24, 2.45) is 5.92 Å². The number of nitrogens with two attached hydrogens (primary N) is 1. The fourth-order valence-electron chi connectivity index (χ4n) is 2.70. The van der Waals surface area contributed by atoms with Crippen LogP contribution in [0.4, 0.5) is 5.69 Å². The van der Waals surface area contributed by atoms with E-state index >= 15 is 0 Å². The molecule has 1 unspecified atom stereocenters. The van der Waals surface area contributed by atoms with Crippen LogP contribution in [0.5, 0.6) is 11.5 Å². The molecule has 0 bridgehead atoms. The van der Waals surface area contributed by atoms with Gasteiger partial charge in [0.05, 0.1) is 19.4 Å². The highest BCUT2D eigenvalue weighted by Crippen LogP contribution is 2.36. The van der Waals surface area contributed by atoms with Crippen molar-refractivity contribution in [1.29, 1.82) is 0 Å². The second-order valence-electron chi connectivity index (χ2n) is 5.16. The molecule has 1 aromatic carbocycles. The van der Waals surface area contributed by atoms with Crippen LogP contribution in [-0.4, -0.2) is 18.7 Å². The van der Waals surface area contributed by atoms with Crippen molar-refractivity contribution in [3.8, 4) is 11.5 Å². The maximum absolute atomic E-state index is 5.88. The highest BCUT2D eigenvalue weighted by atomic mass is 16.5. The van der Waals surface area contributed by atoms with Crippen LogP contribution in [0.15, 0.2) is 36.7 Å². The smallest absolute Gasteiger partial charge is 0.164 e. The second kappa shape index (κ2) is 5.41. The van der Waals surface area contributed by atoms with E-state index in [0.717, 1.165) is 29.9 Å². The second-order valence-corrected chi connectivity index (χ2v) is 5.16. The van der Waals surface area contributed by atoms with E-state index in [2.05, 4.69) is 11.1 Å². The van der Waals surface area contributed by atoms with Gasteiger partial charge in [-0.05, 0) is 36.1 Å². The lowest BCUT2D eigenvalue weighted by Gasteiger charge is -2.26. The number of para-hydroxylation sites is 1. The Morgan fingerprint density at radius 1 is 1.40 bits per heavy atom. The molecular formula is C16H18N2O2. The van der Waals surface area contributed by atoms with Crippen LogP contribution in [-0.2, 0) is 12.8 Å². The number of anilines is 1. The Morgan fingerprint density at radius 3 is 3.10 bits per heavy atom. The number of hydrogen-bond acceptors (Lipinski definition) is 4. The minimum absolute atomic E-state index is 0.443. The van der Waals surface area contributed by atoms with Crippen LogP contribution in [0.2, 0.25) is 0 Å². The highest BCUT2D eigenvalue weighted by molar-refractivity contribution is 5.48. The van der Waals surface area contributed by atoms with E-state index in [-0.39, 0.29) is 0 Å². The Hall–Kier alpha value is -2.23. The quantitative estimate of drug-likeness (QED) is 0.930. The van der Waals surface area contributed by atoms with Crippen LogP contribution in [0.3, 0.4) is 0 Å². The van der Waals surface area contributed by atoms with E-state index in [4.69, 9.17) is 15.2 Å². The van der Waals surface area contributed by atoms with Crippen molar-refractivity contribution in [2.45, 2.75) is 12.8 Å². The third kappa shape index (κ3) is 2.54. The fourth-order valence-corrected chi connectivity index (χ4v) is 2.70. The molecule has 20 heavy (non-hydrogen) atoms. The summed E-state index contributed by atoms with van der Waals surface area (Å²) in [5.74, 6) is 2.14. The van der Waals surface area contributed by atoms with Gasteiger partial charge in [0.25, 0.3) is 0 Å². The van der Waals surface area contributed by atoms with Gasteiger partial charge in [-0.3, -0.25) is 4.98 Å². The maximum atomic E-state index is 5.88. The lowest BCUT2D eigenvalue weighted by molar-refractivity contribution is 0.211. The molecule has 2 aromatic rings. The van der Waals surface area contributed by atoms with Gasteiger partial charge in [0.15, 0.2) is 11.5 Å². The molecule has 3 rings (SSSR count). The van der Waals surface area contributed by atoms with E-state index in [0.29, 0.717) is 18.2 Å². The standard InChI is InChI=1S/C16H18N2O2/c1-19-15-4-2-3-13-6-12(10-20-16(13)15)5-11-7-14(17)9-18-8-11/h2-4,7-9,12H,5-6,10,17H2,1H3. The van der Waals surface area contributed by atoms with Crippen molar-refractivity contribution in [1.82, 2.24) is 4.98 Å². The number of methoxy groups -OCH3 is 1. The van der Waals surface area contributed by atoms with E-state index in [1.165, 1.54) is 5.56 Å². The molecule has 4 heteroatoms. The van der Waals surface area contributed by atoms with E-state index < -0.39 is 0 Å². The summed E-state index contributed by atoms with van der Waals surface area (Å²) in [7, 11) is 1.67. The number of fused-ring (bicyclic) bond motifs is 1. The van der Waals surface area contributed by atoms with Crippen molar-refractivity contribution >= 4 is 5.69 Å². The lowest BCUT2D eigenvalue weighted by atomic mass is 9.91. The molecule has 2 N–H and O–H groups in total. The summed E-state index contributed by atoms with van der Waals surface area (Å²) in [4.78, 5) is 4.14. The Balaban J connectivity index is 1.76.